The molecule has 0 radical (unpaired) electrons. The van der Waals surface area contributed by atoms with Gasteiger partial charge in [-0.05, 0) is 94.1 Å². The summed E-state index contributed by atoms with van der Waals surface area (Å²) in [6.07, 6.45) is 15.7. The lowest BCUT2D eigenvalue weighted by Gasteiger charge is -2.34. The second-order valence-electron chi connectivity index (χ2n) is 11.3. The van der Waals surface area contributed by atoms with Gasteiger partial charge in [0.2, 0.25) is 0 Å². The molecule has 2 atom stereocenters. The molecule has 2 unspecified atom stereocenters. The summed E-state index contributed by atoms with van der Waals surface area (Å²) in [6, 6.07) is 34.8. The van der Waals surface area contributed by atoms with Gasteiger partial charge in [0, 0.05) is 5.92 Å². The third kappa shape index (κ3) is 4.35. The van der Waals surface area contributed by atoms with Crippen LogP contribution in [-0.4, -0.2) is 7.11 Å². The van der Waals surface area contributed by atoms with E-state index < -0.39 is 5.41 Å². The van der Waals surface area contributed by atoms with Gasteiger partial charge >= 0.3 is 0 Å². The number of hydrogen-bond acceptors (Lipinski definition) is 2. The van der Waals surface area contributed by atoms with Crippen LogP contribution in [0.5, 0.6) is 11.5 Å². The molecule has 4 aromatic rings. The molecule has 0 bridgehead atoms. The lowest BCUT2D eigenvalue weighted by molar-refractivity contribution is 0.414. The van der Waals surface area contributed by atoms with E-state index in [-0.39, 0.29) is 0 Å². The lowest BCUT2D eigenvalue weighted by Crippen LogP contribution is -2.28. The highest BCUT2D eigenvalue weighted by molar-refractivity contribution is 5.86. The topological polar surface area (TPSA) is 18.5 Å². The molecule has 0 amide bonds. The molecular weight excluding hydrogens is 500 g/mol. The molecule has 202 valence electrons. The Labute approximate surface area is 243 Å². The molecule has 0 fully saturated rings. The maximum Gasteiger partial charge on any atom is 0.127 e. The van der Waals surface area contributed by atoms with Crippen molar-refractivity contribution in [3.8, 4) is 22.6 Å². The van der Waals surface area contributed by atoms with E-state index in [0.717, 1.165) is 30.1 Å². The largest absolute Gasteiger partial charge is 0.497 e. The molecule has 0 saturated carbocycles. The van der Waals surface area contributed by atoms with E-state index in [4.69, 9.17) is 9.47 Å². The van der Waals surface area contributed by atoms with E-state index in [9.17, 15) is 0 Å². The summed E-state index contributed by atoms with van der Waals surface area (Å²) in [6.45, 7) is 2.26. The van der Waals surface area contributed by atoms with Crippen LogP contribution in [0, 0.1) is 11.8 Å². The van der Waals surface area contributed by atoms with Gasteiger partial charge in [0.25, 0.3) is 0 Å². The molecule has 7 rings (SSSR count). The van der Waals surface area contributed by atoms with Crippen LogP contribution in [0.25, 0.3) is 11.1 Å². The molecule has 0 saturated heterocycles. The number of allylic oxidation sites excluding steroid dienone is 7. The molecule has 2 nitrogen and oxygen atoms in total. The molecule has 3 aliphatic carbocycles. The van der Waals surface area contributed by atoms with Crippen LogP contribution in [0.3, 0.4) is 0 Å². The van der Waals surface area contributed by atoms with Crippen molar-refractivity contribution in [1.29, 1.82) is 0 Å². The minimum atomic E-state index is -0.437. The predicted molar refractivity (Wildman–Crippen MR) is 167 cm³/mol. The van der Waals surface area contributed by atoms with Crippen LogP contribution in [0.2, 0.25) is 0 Å². The van der Waals surface area contributed by atoms with Crippen molar-refractivity contribution >= 4 is 0 Å². The zero-order valence-corrected chi connectivity index (χ0v) is 23.6. The zero-order chi connectivity index (χ0) is 27.8. The average Bonchev–Trinajstić information content (AvgIpc) is 3.34. The Balaban J connectivity index is 1.23. The molecule has 41 heavy (non-hydrogen) atoms. The second-order valence-corrected chi connectivity index (χ2v) is 11.3. The number of benzene rings is 4. The third-order valence-electron chi connectivity index (χ3n) is 8.83. The minimum Gasteiger partial charge on any atom is -0.497 e. The van der Waals surface area contributed by atoms with Crippen molar-refractivity contribution in [3.05, 3.63) is 167 Å². The summed E-state index contributed by atoms with van der Waals surface area (Å²) in [4.78, 5) is 0. The van der Waals surface area contributed by atoms with Crippen molar-refractivity contribution < 1.29 is 9.47 Å². The third-order valence-corrected chi connectivity index (χ3v) is 8.83. The smallest absolute Gasteiger partial charge is 0.127 e. The minimum absolute atomic E-state index is 0.431. The van der Waals surface area contributed by atoms with Gasteiger partial charge in [0.15, 0.2) is 0 Å². The lowest BCUT2D eigenvalue weighted by atomic mass is 9.68. The molecule has 0 spiro atoms. The maximum atomic E-state index is 6.35. The van der Waals surface area contributed by atoms with Gasteiger partial charge in [-0.1, -0.05) is 104 Å². The Morgan fingerprint density at radius 3 is 1.78 bits per heavy atom. The first-order valence-corrected chi connectivity index (χ1v) is 14.6. The molecular formula is C39H34O2. The number of methoxy groups -OCH3 is 1. The second kappa shape index (κ2) is 10.4. The Hall–Kier alpha value is -4.56. The standard InChI is InChI=1S/C39H34O2/c1-27-11-13-28(14-12-27)29-15-21-33(22-16-29)41-34-25-19-31(20-26-34)39(30-17-23-32(40-2)24-18-30)37-9-5-3-7-35(37)36-8-4-6-10-38(36)39/h3-11,13-15,17-27,29H,12,16H2,1-2H3. The summed E-state index contributed by atoms with van der Waals surface area (Å²) in [7, 11) is 1.71. The van der Waals surface area contributed by atoms with Gasteiger partial charge in [-0.25, -0.2) is 0 Å². The van der Waals surface area contributed by atoms with Gasteiger partial charge in [-0.2, -0.15) is 0 Å². The summed E-state index contributed by atoms with van der Waals surface area (Å²) in [5, 5.41) is 0. The summed E-state index contributed by atoms with van der Waals surface area (Å²) in [5.74, 6) is 3.68. The van der Waals surface area contributed by atoms with Gasteiger partial charge in [-0.15, -0.1) is 0 Å². The summed E-state index contributed by atoms with van der Waals surface area (Å²) < 4.78 is 11.9. The van der Waals surface area contributed by atoms with Crippen molar-refractivity contribution in [2.75, 3.05) is 7.11 Å². The molecule has 2 heteroatoms. The van der Waals surface area contributed by atoms with Crippen LogP contribution >= 0.6 is 0 Å². The number of rotatable bonds is 6. The van der Waals surface area contributed by atoms with Gasteiger partial charge in [0.05, 0.1) is 12.5 Å². The molecule has 0 N–H and O–H groups in total. The fraction of sp³-hybridized carbons (Fsp3) is 0.179. The van der Waals surface area contributed by atoms with E-state index >= 15 is 0 Å². The van der Waals surface area contributed by atoms with E-state index in [1.165, 1.54) is 39.0 Å². The van der Waals surface area contributed by atoms with Gasteiger partial charge in [0.1, 0.15) is 17.3 Å². The Morgan fingerprint density at radius 1 is 0.634 bits per heavy atom. The Morgan fingerprint density at radius 2 is 1.24 bits per heavy atom. The van der Waals surface area contributed by atoms with Gasteiger partial charge in [-0.3, -0.25) is 0 Å². The first-order chi connectivity index (χ1) is 20.2. The van der Waals surface area contributed by atoms with Crippen LogP contribution < -0.4 is 9.47 Å². The monoisotopic (exact) mass is 534 g/mol. The highest BCUT2D eigenvalue weighted by Crippen LogP contribution is 2.56. The van der Waals surface area contributed by atoms with Crippen LogP contribution in [-0.2, 0) is 5.41 Å². The average molecular weight is 535 g/mol. The van der Waals surface area contributed by atoms with Crippen molar-refractivity contribution in [1.82, 2.24) is 0 Å². The molecule has 4 aromatic carbocycles. The fourth-order valence-corrected chi connectivity index (χ4v) is 6.72. The molecule has 0 aromatic heterocycles. The molecule has 0 heterocycles. The van der Waals surface area contributed by atoms with Crippen molar-refractivity contribution in [2.45, 2.75) is 25.2 Å². The maximum absolute atomic E-state index is 6.35. The number of ether oxygens (including phenoxy) is 2. The van der Waals surface area contributed by atoms with Gasteiger partial charge < -0.3 is 9.47 Å². The van der Waals surface area contributed by atoms with E-state index in [0.29, 0.717) is 11.8 Å². The van der Waals surface area contributed by atoms with Crippen LogP contribution in [0.1, 0.15) is 42.0 Å². The van der Waals surface area contributed by atoms with E-state index in [2.05, 4.69) is 140 Å². The fourth-order valence-electron chi connectivity index (χ4n) is 6.72. The van der Waals surface area contributed by atoms with Crippen LogP contribution in [0.15, 0.2) is 145 Å². The SMILES string of the molecule is COc1ccc(C2(c3ccc(OC4=CCC(C5=CCC(C)C=C5)C=C4)cc3)c3ccccc3-c3ccccc32)cc1. The number of hydrogen-bond donors (Lipinski definition) is 0. The summed E-state index contributed by atoms with van der Waals surface area (Å²) >= 11 is 0. The van der Waals surface area contributed by atoms with Crippen molar-refractivity contribution in [2.24, 2.45) is 11.8 Å². The normalized spacial score (nSPS) is 20.0. The van der Waals surface area contributed by atoms with Crippen molar-refractivity contribution in [3.63, 3.8) is 0 Å². The van der Waals surface area contributed by atoms with Crippen LogP contribution in [0.4, 0.5) is 0 Å². The first-order valence-electron chi connectivity index (χ1n) is 14.6. The van der Waals surface area contributed by atoms with E-state index in [1.807, 2.05) is 0 Å². The first kappa shape index (κ1) is 25.4. The Bertz CT molecular complexity index is 1650. The quantitative estimate of drug-likeness (QED) is 0.216. The highest BCUT2D eigenvalue weighted by Gasteiger charge is 2.45. The highest BCUT2D eigenvalue weighted by atomic mass is 16.5. The number of fused-ring (bicyclic) bond motifs is 3. The summed E-state index contributed by atoms with van der Waals surface area (Å²) in [5.41, 5.74) is 8.56. The Kier molecular flexibility index (Phi) is 6.47. The molecule has 3 aliphatic rings. The predicted octanol–water partition coefficient (Wildman–Crippen LogP) is 9.42. The zero-order valence-electron chi connectivity index (χ0n) is 23.6. The van der Waals surface area contributed by atoms with E-state index in [1.54, 1.807) is 7.11 Å². The molecule has 0 aliphatic heterocycles.